The van der Waals surface area contributed by atoms with Crippen molar-refractivity contribution in [1.29, 1.82) is 0 Å². The lowest BCUT2D eigenvalue weighted by molar-refractivity contribution is -0.126. The number of hydrogen-bond donors (Lipinski definition) is 1. The van der Waals surface area contributed by atoms with E-state index in [0.29, 0.717) is 36.3 Å². The van der Waals surface area contributed by atoms with Crippen molar-refractivity contribution in [2.75, 3.05) is 26.2 Å². The molecule has 0 radical (unpaired) electrons. The number of ether oxygens (including phenoxy) is 1. The van der Waals surface area contributed by atoms with Crippen LogP contribution in [0.4, 0.5) is 0 Å². The Bertz CT molecular complexity index is 1110. The van der Waals surface area contributed by atoms with E-state index in [1.165, 1.54) is 31.2 Å². The van der Waals surface area contributed by atoms with Crippen LogP contribution in [-0.4, -0.2) is 67.0 Å². The summed E-state index contributed by atoms with van der Waals surface area (Å²) in [6, 6.07) is 10.1. The van der Waals surface area contributed by atoms with E-state index in [1.807, 2.05) is 6.07 Å². The molecule has 3 rings (SSSR count). The summed E-state index contributed by atoms with van der Waals surface area (Å²) in [6.07, 6.45) is -0.525. The molecule has 1 heterocycles. The highest BCUT2D eigenvalue weighted by atomic mass is 35.5. The molecule has 32 heavy (non-hydrogen) atoms. The Morgan fingerprint density at radius 3 is 2.44 bits per heavy atom. The number of hydrogen-bond acceptors (Lipinski definition) is 6. The van der Waals surface area contributed by atoms with Gasteiger partial charge in [0.1, 0.15) is 0 Å². The number of sulfonamides is 1. The Labute approximate surface area is 196 Å². The van der Waals surface area contributed by atoms with E-state index in [1.54, 1.807) is 12.1 Å². The Morgan fingerprint density at radius 2 is 1.84 bits per heavy atom. The van der Waals surface area contributed by atoms with E-state index in [-0.39, 0.29) is 17.0 Å². The van der Waals surface area contributed by atoms with E-state index < -0.39 is 28.0 Å². The smallest absolute Gasteiger partial charge is 0.335 e. The van der Waals surface area contributed by atoms with Crippen molar-refractivity contribution >= 4 is 45.1 Å². The van der Waals surface area contributed by atoms with Crippen LogP contribution in [0.2, 0.25) is 10.0 Å². The standard InChI is InChI=1S/C21H22Cl2N2O6S/c1-14(26)25(32(29,30)18-5-3-16(4-6-18)21(27)28)13-17-12-24(8-9-31-17)11-15-2-7-19(22)20(23)10-15/h2-7,10,17H,8-9,11-13H2,1H3,(H,27,28)/t17-/m0/s1. The van der Waals surface area contributed by atoms with Gasteiger partial charge in [-0.25, -0.2) is 17.5 Å². The molecule has 8 nitrogen and oxygen atoms in total. The van der Waals surface area contributed by atoms with Gasteiger partial charge in [0.2, 0.25) is 5.91 Å². The number of halogens is 2. The summed E-state index contributed by atoms with van der Waals surface area (Å²) < 4.78 is 32.6. The average molecular weight is 501 g/mol. The van der Waals surface area contributed by atoms with Crippen molar-refractivity contribution < 1.29 is 27.9 Å². The minimum Gasteiger partial charge on any atom is -0.478 e. The van der Waals surface area contributed by atoms with Gasteiger partial charge >= 0.3 is 5.97 Å². The number of nitrogens with zero attached hydrogens (tertiary/aromatic N) is 2. The van der Waals surface area contributed by atoms with Crippen LogP contribution in [0.1, 0.15) is 22.8 Å². The zero-order chi connectivity index (χ0) is 23.5. The molecule has 1 atom stereocenters. The fourth-order valence-electron chi connectivity index (χ4n) is 3.41. The van der Waals surface area contributed by atoms with E-state index in [0.717, 1.165) is 9.87 Å². The molecule has 0 unspecified atom stereocenters. The van der Waals surface area contributed by atoms with Gasteiger partial charge in [-0.1, -0.05) is 29.3 Å². The Morgan fingerprint density at radius 1 is 1.16 bits per heavy atom. The van der Waals surface area contributed by atoms with Crippen molar-refractivity contribution in [3.8, 4) is 0 Å². The number of carboxylic acid groups (broad SMARTS) is 1. The van der Waals surface area contributed by atoms with E-state index in [2.05, 4.69) is 4.90 Å². The summed E-state index contributed by atoms with van der Waals surface area (Å²) >= 11 is 12.0. The number of carbonyl (C=O) groups is 2. The highest BCUT2D eigenvalue weighted by Crippen LogP contribution is 2.24. The minimum atomic E-state index is -4.17. The van der Waals surface area contributed by atoms with Gasteiger partial charge in [0.25, 0.3) is 10.0 Å². The maximum absolute atomic E-state index is 13.0. The Kier molecular flexibility index (Phi) is 7.79. The third-order valence-corrected chi connectivity index (χ3v) is 7.62. The predicted molar refractivity (Wildman–Crippen MR) is 119 cm³/mol. The number of morpholine rings is 1. The molecule has 1 fully saturated rings. The SMILES string of the molecule is CC(=O)N(C[C@@H]1CN(Cc2ccc(Cl)c(Cl)c2)CCO1)S(=O)(=O)c1ccc(C(=O)O)cc1. The number of amides is 1. The molecule has 2 aromatic rings. The lowest BCUT2D eigenvalue weighted by atomic mass is 10.2. The van der Waals surface area contributed by atoms with Gasteiger partial charge < -0.3 is 9.84 Å². The fourth-order valence-corrected chi connectivity index (χ4v) is 5.16. The second kappa shape index (κ2) is 10.2. The van der Waals surface area contributed by atoms with Crippen LogP contribution < -0.4 is 0 Å². The molecule has 11 heteroatoms. The summed E-state index contributed by atoms with van der Waals surface area (Å²) in [7, 11) is -4.17. The molecule has 1 amide bonds. The number of rotatable bonds is 7. The predicted octanol–water partition coefficient (Wildman–Crippen LogP) is 3.13. The highest BCUT2D eigenvalue weighted by molar-refractivity contribution is 7.89. The van der Waals surface area contributed by atoms with Gasteiger partial charge in [-0.15, -0.1) is 0 Å². The number of aromatic carboxylic acids is 1. The molecule has 2 aromatic carbocycles. The quantitative estimate of drug-likeness (QED) is 0.622. The maximum Gasteiger partial charge on any atom is 0.335 e. The Balaban J connectivity index is 1.72. The summed E-state index contributed by atoms with van der Waals surface area (Å²) in [5.41, 5.74) is 0.904. The topological polar surface area (TPSA) is 104 Å². The first-order chi connectivity index (χ1) is 15.1. The molecule has 1 saturated heterocycles. The lowest BCUT2D eigenvalue weighted by Crippen LogP contribution is -2.49. The largest absolute Gasteiger partial charge is 0.478 e. The summed E-state index contributed by atoms with van der Waals surface area (Å²) in [5, 5.41) is 9.92. The van der Waals surface area contributed by atoms with E-state index >= 15 is 0 Å². The molecule has 1 aliphatic heterocycles. The summed E-state index contributed by atoms with van der Waals surface area (Å²) in [5.74, 6) is -1.83. The van der Waals surface area contributed by atoms with Crippen molar-refractivity contribution in [3.05, 3.63) is 63.6 Å². The van der Waals surface area contributed by atoms with Crippen LogP contribution in [0.15, 0.2) is 47.4 Å². The van der Waals surface area contributed by atoms with Gasteiger partial charge in [0.15, 0.2) is 0 Å². The molecule has 1 N–H and O–H groups in total. The fraction of sp³-hybridized carbons (Fsp3) is 0.333. The molecule has 0 saturated carbocycles. The van der Waals surface area contributed by atoms with Crippen molar-refractivity contribution in [2.24, 2.45) is 0 Å². The molecular weight excluding hydrogens is 479 g/mol. The summed E-state index contributed by atoms with van der Waals surface area (Å²) in [6.45, 7) is 3.01. The van der Waals surface area contributed by atoms with Crippen LogP contribution in [-0.2, 0) is 26.1 Å². The number of carboxylic acids is 1. The molecular formula is C21H22Cl2N2O6S. The maximum atomic E-state index is 13.0. The average Bonchev–Trinajstić information content (AvgIpc) is 2.74. The van der Waals surface area contributed by atoms with Crippen LogP contribution in [0.3, 0.4) is 0 Å². The number of carbonyl (C=O) groups excluding carboxylic acids is 1. The first kappa shape index (κ1) is 24.5. The van der Waals surface area contributed by atoms with Crippen molar-refractivity contribution in [2.45, 2.75) is 24.5 Å². The first-order valence-corrected chi connectivity index (χ1v) is 11.9. The van der Waals surface area contributed by atoms with Gasteiger partial charge in [0, 0.05) is 26.6 Å². The van der Waals surface area contributed by atoms with Gasteiger partial charge in [-0.2, -0.15) is 0 Å². The van der Waals surface area contributed by atoms with Gasteiger partial charge in [-0.3, -0.25) is 9.69 Å². The molecule has 0 aromatic heterocycles. The second-order valence-corrected chi connectivity index (χ2v) is 10.0. The minimum absolute atomic E-state index is 0.0492. The van der Waals surface area contributed by atoms with Crippen LogP contribution in [0.5, 0.6) is 0 Å². The highest BCUT2D eigenvalue weighted by Gasteiger charge is 2.32. The molecule has 0 spiro atoms. The van der Waals surface area contributed by atoms with Gasteiger partial charge in [0.05, 0.1) is 39.8 Å². The normalized spacial score (nSPS) is 17.2. The molecule has 0 aliphatic carbocycles. The van der Waals surface area contributed by atoms with Gasteiger partial charge in [-0.05, 0) is 42.0 Å². The second-order valence-electron chi connectivity index (χ2n) is 7.36. The molecule has 0 bridgehead atoms. The number of benzene rings is 2. The zero-order valence-electron chi connectivity index (χ0n) is 17.2. The van der Waals surface area contributed by atoms with Crippen LogP contribution in [0.25, 0.3) is 0 Å². The van der Waals surface area contributed by atoms with Crippen molar-refractivity contribution in [1.82, 2.24) is 9.21 Å². The van der Waals surface area contributed by atoms with Crippen LogP contribution >= 0.6 is 23.2 Å². The monoisotopic (exact) mass is 500 g/mol. The molecule has 172 valence electrons. The lowest BCUT2D eigenvalue weighted by Gasteiger charge is -2.35. The van der Waals surface area contributed by atoms with E-state index in [4.69, 9.17) is 33.0 Å². The Hall–Kier alpha value is -2.17. The first-order valence-electron chi connectivity index (χ1n) is 9.72. The zero-order valence-corrected chi connectivity index (χ0v) is 19.5. The summed E-state index contributed by atoms with van der Waals surface area (Å²) in [4.78, 5) is 25.1. The van der Waals surface area contributed by atoms with Crippen LogP contribution in [0, 0.1) is 0 Å². The van der Waals surface area contributed by atoms with Crippen molar-refractivity contribution in [3.63, 3.8) is 0 Å². The third kappa shape index (κ3) is 5.79. The van der Waals surface area contributed by atoms with E-state index in [9.17, 15) is 18.0 Å². The molecule has 1 aliphatic rings. The third-order valence-electron chi connectivity index (χ3n) is 5.02.